The van der Waals surface area contributed by atoms with E-state index in [9.17, 15) is 4.79 Å². The third kappa shape index (κ3) is 4.02. The summed E-state index contributed by atoms with van der Waals surface area (Å²) in [6, 6.07) is 3.62. The van der Waals surface area contributed by atoms with Crippen LogP contribution in [0.1, 0.15) is 17.2 Å². The van der Waals surface area contributed by atoms with Gasteiger partial charge in [0.1, 0.15) is 10.9 Å². The van der Waals surface area contributed by atoms with Gasteiger partial charge >= 0.3 is 5.97 Å². The Bertz CT molecular complexity index is 637. The number of methoxy groups -OCH3 is 1. The summed E-state index contributed by atoms with van der Waals surface area (Å²) in [5.74, 6) is 0.343. The van der Waals surface area contributed by atoms with E-state index in [0.717, 1.165) is 11.4 Å². The molecule has 112 valence electrons. The second-order valence-electron chi connectivity index (χ2n) is 4.42. The Labute approximate surface area is 126 Å². The van der Waals surface area contributed by atoms with Crippen LogP contribution in [0.4, 0.5) is 0 Å². The number of thioether (sulfide) groups is 1. The smallest absolute Gasteiger partial charge is 0.313 e. The van der Waals surface area contributed by atoms with Crippen LogP contribution >= 0.6 is 11.8 Å². The molecule has 0 aliphatic heterocycles. The van der Waals surface area contributed by atoms with Crippen molar-refractivity contribution in [1.29, 1.82) is 0 Å². The van der Waals surface area contributed by atoms with Gasteiger partial charge in [0, 0.05) is 18.9 Å². The van der Waals surface area contributed by atoms with Crippen molar-refractivity contribution in [2.75, 3.05) is 12.9 Å². The van der Waals surface area contributed by atoms with Gasteiger partial charge in [-0.2, -0.15) is 5.10 Å². The predicted octanol–water partition coefficient (Wildman–Crippen LogP) is 1.60. The molecule has 2 rings (SSSR count). The number of aryl methyl sites for hydroxylation is 2. The maximum Gasteiger partial charge on any atom is 0.313 e. The molecule has 0 unspecified atom stereocenters. The summed E-state index contributed by atoms with van der Waals surface area (Å²) < 4.78 is 6.70. The highest BCUT2D eigenvalue weighted by Gasteiger charge is 2.13. The normalized spacial score (nSPS) is 10.8. The topological polar surface area (TPSA) is 90.1 Å². The molecular formula is C13H16N4O3S. The summed E-state index contributed by atoms with van der Waals surface area (Å²) in [6.07, 6.45) is 0. The van der Waals surface area contributed by atoms with Crippen LogP contribution in [0.25, 0.3) is 5.82 Å². The molecule has 0 radical (unpaired) electrons. The third-order valence-electron chi connectivity index (χ3n) is 2.53. The minimum atomic E-state index is -0.879. The molecule has 0 saturated carbocycles. The maximum absolute atomic E-state index is 10.8. The van der Waals surface area contributed by atoms with E-state index in [2.05, 4.69) is 15.1 Å². The predicted molar refractivity (Wildman–Crippen MR) is 77.7 cm³/mol. The summed E-state index contributed by atoms with van der Waals surface area (Å²) in [7, 11) is 1.59. The zero-order valence-corrected chi connectivity index (χ0v) is 12.8. The van der Waals surface area contributed by atoms with Crippen LogP contribution < -0.4 is 0 Å². The Morgan fingerprint density at radius 1 is 1.38 bits per heavy atom. The van der Waals surface area contributed by atoms with E-state index in [-0.39, 0.29) is 5.75 Å². The SMILES string of the molecule is COCc1cc(SCC(=O)O)n(-c2cc(C)nc(C)n2)n1. The van der Waals surface area contributed by atoms with Crippen molar-refractivity contribution < 1.29 is 14.6 Å². The standard InChI is InChI=1S/C13H16N4O3S/c1-8-4-11(15-9(2)14-8)17-12(21-7-13(18)19)5-10(16-17)6-20-3/h4-5H,6-7H2,1-3H3,(H,18,19). The van der Waals surface area contributed by atoms with Crippen LogP contribution in [0, 0.1) is 13.8 Å². The van der Waals surface area contributed by atoms with Crippen molar-refractivity contribution >= 4 is 17.7 Å². The van der Waals surface area contributed by atoms with E-state index >= 15 is 0 Å². The summed E-state index contributed by atoms with van der Waals surface area (Å²) in [5.41, 5.74) is 1.55. The highest BCUT2D eigenvalue weighted by molar-refractivity contribution is 7.99. The molecule has 7 nitrogen and oxygen atoms in total. The Morgan fingerprint density at radius 2 is 2.14 bits per heavy atom. The number of hydrogen-bond acceptors (Lipinski definition) is 6. The summed E-state index contributed by atoms with van der Waals surface area (Å²) >= 11 is 1.19. The molecule has 0 amide bonds. The molecule has 1 N–H and O–H groups in total. The number of carboxylic acid groups (broad SMARTS) is 1. The molecule has 2 heterocycles. The maximum atomic E-state index is 10.8. The molecule has 0 aliphatic carbocycles. The molecule has 21 heavy (non-hydrogen) atoms. The first kappa shape index (κ1) is 15.5. The van der Waals surface area contributed by atoms with Crippen molar-refractivity contribution in [3.8, 4) is 5.82 Å². The Morgan fingerprint density at radius 3 is 2.76 bits per heavy atom. The van der Waals surface area contributed by atoms with E-state index in [0.29, 0.717) is 23.3 Å². The number of ether oxygens (including phenoxy) is 1. The van der Waals surface area contributed by atoms with Gasteiger partial charge in [0.25, 0.3) is 0 Å². The largest absolute Gasteiger partial charge is 0.481 e. The van der Waals surface area contributed by atoms with Crippen LogP contribution in [0.2, 0.25) is 0 Å². The zero-order valence-electron chi connectivity index (χ0n) is 12.0. The quantitative estimate of drug-likeness (QED) is 0.811. The van der Waals surface area contributed by atoms with Crippen molar-refractivity contribution in [2.45, 2.75) is 25.5 Å². The van der Waals surface area contributed by atoms with Crippen molar-refractivity contribution in [3.05, 3.63) is 29.3 Å². The zero-order chi connectivity index (χ0) is 15.4. The number of nitrogens with zero attached hydrogens (tertiary/aromatic N) is 4. The van der Waals surface area contributed by atoms with Gasteiger partial charge in [-0.25, -0.2) is 14.6 Å². The number of carbonyl (C=O) groups is 1. The van der Waals surface area contributed by atoms with Gasteiger partial charge in [-0.1, -0.05) is 11.8 Å². The molecule has 2 aromatic rings. The molecule has 0 bridgehead atoms. The number of hydrogen-bond donors (Lipinski definition) is 1. The Hall–Kier alpha value is -1.93. The number of aliphatic carboxylic acids is 1. The van der Waals surface area contributed by atoms with E-state index in [1.54, 1.807) is 24.8 Å². The van der Waals surface area contributed by atoms with Crippen LogP contribution in [0.15, 0.2) is 17.2 Å². The average Bonchev–Trinajstić information content (AvgIpc) is 2.79. The van der Waals surface area contributed by atoms with Gasteiger partial charge in [-0.3, -0.25) is 4.79 Å². The number of aromatic nitrogens is 4. The van der Waals surface area contributed by atoms with E-state index in [1.807, 2.05) is 13.0 Å². The lowest BCUT2D eigenvalue weighted by molar-refractivity contribution is -0.133. The number of carboxylic acids is 1. The lowest BCUT2D eigenvalue weighted by Gasteiger charge is -2.06. The molecule has 0 saturated heterocycles. The molecular weight excluding hydrogens is 292 g/mol. The van der Waals surface area contributed by atoms with Gasteiger partial charge in [0.2, 0.25) is 0 Å². The fourth-order valence-electron chi connectivity index (χ4n) is 1.84. The minimum Gasteiger partial charge on any atom is -0.481 e. The van der Waals surface area contributed by atoms with Crippen LogP contribution in [0.5, 0.6) is 0 Å². The highest BCUT2D eigenvalue weighted by Crippen LogP contribution is 2.23. The van der Waals surface area contributed by atoms with Gasteiger partial charge in [-0.15, -0.1) is 0 Å². The monoisotopic (exact) mass is 308 g/mol. The molecule has 2 aromatic heterocycles. The summed E-state index contributed by atoms with van der Waals surface area (Å²) in [4.78, 5) is 19.3. The lowest BCUT2D eigenvalue weighted by atomic mass is 10.4. The van der Waals surface area contributed by atoms with E-state index in [4.69, 9.17) is 9.84 Å². The second kappa shape index (κ2) is 6.68. The van der Waals surface area contributed by atoms with Crippen molar-refractivity contribution in [1.82, 2.24) is 19.7 Å². The summed E-state index contributed by atoms with van der Waals surface area (Å²) in [6.45, 7) is 4.04. The Kier molecular flexibility index (Phi) is 4.92. The van der Waals surface area contributed by atoms with Crippen molar-refractivity contribution in [3.63, 3.8) is 0 Å². The first-order valence-corrected chi connectivity index (χ1v) is 7.23. The molecule has 8 heteroatoms. The van der Waals surface area contributed by atoms with Crippen molar-refractivity contribution in [2.24, 2.45) is 0 Å². The second-order valence-corrected chi connectivity index (χ2v) is 5.41. The minimum absolute atomic E-state index is 0.0405. The molecule has 0 aliphatic rings. The molecule has 0 atom stereocenters. The van der Waals surface area contributed by atoms with E-state index < -0.39 is 5.97 Å². The lowest BCUT2D eigenvalue weighted by Crippen LogP contribution is -2.06. The van der Waals surface area contributed by atoms with Crippen LogP contribution in [-0.2, 0) is 16.1 Å². The molecule has 0 fully saturated rings. The van der Waals surface area contributed by atoms with Gasteiger partial charge in [0.05, 0.1) is 18.1 Å². The first-order chi connectivity index (χ1) is 9.99. The molecule has 0 aromatic carbocycles. The van der Waals surface area contributed by atoms with Gasteiger partial charge < -0.3 is 9.84 Å². The first-order valence-electron chi connectivity index (χ1n) is 6.24. The van der Waals surface area contributed by atoms with Gasteiger partial charge in [-0.05, 0) is 19.9 Å². The fourth-order valence-corrected chi connectivity index (χ4v) is 2.58. The third-order valence-corrected chi connectivity index (χ3v) is 3.51. The average molecular weight is 308 g/mol. The fraction of sp³-hybridized carbons (Fsp3) is 0.385. The van der Waals surface area contributed by atoms with Gasteiger partial charge in [0.15, 0.2) is 5.82 Å². The molecule has 0 spiro atoms. The Balaban J connectivity index is 2.41. The van der Waals surface area contributed by atoms with E-state index in [1.165, 1.54) is 11.8 Å². The number of rotatable bonds is 6. The summed E-state index contributed by atoms with van der Waals surface area (Å²) in [5, 5.41) is 14.0. The highest BCUT2D eigenvalue weighted by atomic mass is 32.2. The van der Waals surface area contributed by atoms with Crippen LogP contribution in [0.3, 0.4) is 0 Å². The van der Waals surface area contributed by atoms with Crippen LogP contribution in [-0.4, -0.2) is 43.7 Å².